The van der Waals surface area contributed by atoms with Gasteiger partial charge in [0, 0.05) is 43.9 Å². The Morgan fingerprint density at radius 1 is 1.36 bits per heavy atom. The molecule has 2 heterocycles. The highest BCUT2D eigenvalue weighted by atomic mass is 19.1. The van der Waals surface area contributed by atoms with Crippen molar-refractivity contribution in [1.82, 2.24) is 10.3 Å². The first-order valence-electron chi connectivity index (χ1n) is 10.2. The second kappa shape index (κ2) is 8.49. The molecule has 1 aromatic carbocycles. The molecule has 1 fully saturated rings. The van der Waals surface area contributed by atoms with Crippen LogP contribution in [0.15, 0.2) is 34.4 Å². The highest BCUT2D eigenvalue weighted by Crippen LogP contribution is 2.33. The number of nitrogens with one attached hydrogen (secondary N) is 1. The Kier molecular flexibility index (Phi) is 5.82. The van der Waals surface area contributed by atoms with Gasteiger partial charge in [-0.2, -0.15) is 4.98 Å². The first-order chi connectivity index (χ1) is 13.7. The molecule has 0 bridgehead atoms. The number of morpholine rings is 1. The number of oxazole rings is 1. The van der Waals surface area contributed by atoms with Gasteiger partial charge >= 0.3 is 6.01 Å². The third kappa shape index (κ3) is 4.00. The molecule has 1 N–H and O–H groups in total. The molecule has 1 aliphatic carbocycles. The van der Waals surface area contributed by atoms with E-state index < -0.39 is 6.17 Å². The summed E-state index contributed by atoms with van der Waals surface area (Å²) in [6.07, 6.45) is 2.34. The normalized spacial score (nSPS) is 20.8. The van der Waals surface area contributed by atoms with Crippen LogP contribution in [-0.4, -0.2) is 56.6 Å². The van der Waals surface area contributed by atoms with Gasteiger partial charge in [-0.15, -0.1) is 0 Å². The van der Waals surface area contributed by atoms with Crippen LogP contribution in [0.25, 0.3) is 11.1 Å². The van der Waals surface area contributed by atoms with Gasteiger partial charge in [-0.1, -0.05) is 13.0 Å². The molecule has 0 spiro atoms. The van der Waals surface area contributed by atoms with Crippen molar-refractivity contribution >= 4 is 22.8 Å². The Labute approximate surface area is 165 Å². The van der Waals surface area contributed by atoms with Gasteiger partial charge in [0.2, 0.25) is 0 Å². The summed E-state index contributed by atoms with van der Waals surface area (Å²) < 4.78 is 25.7. The van der Waals surface area contributed by atoms with E-state index in [-0.39, 0.29) is 0 Å². The molecule has 0 radical (unpaired) electrons. The Balaban J connectivity index is 1.56. The van der Waals surface area contributed by atoms with Crippen LogP contribution < -0.4 is 15.1 Å². The Morgan fingerprint density at radius 2 is 2.18 bits per heavy atom. The van der Waals surface area contributed by atoms with Gasteiger partial charge in [-0.05, 0) is 32.0 Å². The summed E-state index contributed by atoms with van der Waals surface area (Å²) in [5.41, 5.74) is 3.31. The number of allylic oxidation sites excluding steroid dienone is 2. The fourth-order valence-electron chi connectivity index (χ4n) is 3.73. The summed E-state index contributed by atoms with van der Waals surface area (Å²) in [5.74, 6) is 0. The molecule has 2 aromatic rings. The maximum atomic E-state index is 14.1. The van der Waals surface area contributed by atoms with E-state index in [1.807, 2.05) is 23.1 Å². The Morgan fingerprint density at radius 3 is 2.86 bits per heavy atom. The number of rotatable bonds is 8. The lowest BCUT2D eigenvalue weighted by Gasteiger charge is -2.31. The standard InChI is InChI=1S/C21H29FN4O2/c1-3-23-15(2)8-9-26(19-7-5-17(19)22)21-24-18-6-4-16(14-20(18)28-21)25-10-12-27-13-11-25/h4,6-7,14-15,17,23H,3,5,8-13H2,1-2H3/t15?,17-/m1/s1. The summed E-state index contributed by atoms with van der Waals surface area (Å²) >= 11 is 0. The zero-order valence-electron chi connectivity index (χ0n) is 16.7. The lowest BCUT2D eigenvalue weighted by molar-refractivity contribution is 0.122. The maximum absolute atomic E-state index is 14.1. The van der Waals surface area contributed by atoms with Crippen LogP contribution in [0.4, 0.5) is 16.1 Å². The predicted octanol–water partition coefficient (Wildman–Crippen LogP) is 3.48. The predicted molar refractivity (Wildman–Crippen MR) is 110 cm³/mol. The van der Waals surface area contributed by atoms with Crippen molar-refractivity contribution in [3.05, 3.63) is 30.0 Å². The van der Waals surface area contributed by atoms with Crippen LogP contribution in [0.5, 0.6) is 0 Å². The maximum Gasteiger partial charge on any atom is 0.302 e. The van der Waals surface area contributed by atoms with E-state index in [1.165, 1.54) is 0 Å². The smallest absolute Gasteiger partial charge is 0.302 e. The van der Waals surface area contributed by atoms with E-state index in [1.54, 1.807) is 0 Å². The molecule has 6 nitrogen and oxygen atoms in total. The lowest BCUT2D eigenvalue weighted by atomic mass is 10.0. The van der Waals surface area contributed by atoms with Crippen LogP contribution in [-0.2, 0) is 4.74 Å². The number of nitrogens with zero attached hydrogens (tertiary/aromatic N) is 3. The van der Waals surface area contributed by atoms with Gasteiger partial charge < -0.3 is 19.4 Å². The highest BCUT2D eigenvalue weighted by Gasteiger charge is 2.30. The van der Waals surface area contributed by atoms with E-state index >= 15 is 0 Å². The largest absolute Gasteiger partial charge is 0.423 e. The van der Waals surface area contributed by atoms with Gasteiger partial charge in [0.15, 0.2) is 5.58 Å². The molecule has 0 saturated carbocycles. The molecule has 1 unspecified atom stereocenters. The van der Waals surface area contributed by atoms with Crippen molar-refractivity contribution in [2.75, 3.05) is 49.2 Å². The minimum atomic E-state index is -0.937. The summed E-state index contributed by atoms with van der Waals surface area (Å²) in [4.78, 5) is 8.83. The SMILES string of the molecule is CCNC(C)CCN(C1=CC[C@H]1F)c1nc2ccc(N3CCOCC3)cc2o1. The summed E-state index contributed by atoms with van der Waals surface area (Å²) in [5, 5.41) is 3.40. The highest BCUT2D eigenvalue weighted by molar-refractivity contribution is 5.79. The number of benzene rings is 1. The van der Waals surface area contributed by atoms with E-state index in [0.717, 1.165) is 56.1 Å². The third-order valence-corrected chi connectivity index (χ3v) is 5.47. The molecular weight excluding hydrogens is 359 g/mol. The van der Waals surface area contributed by atoms with Crippen LogP contribution >= 0.6 is 0 Å². The quantitative estimate of drug-likeness (QED) is 0.747. The number of halogens is 1. The van der Waals surface area contributed by atoms with Crippen LogP contribution in [0.2, 0.25) is 0 Å². The minimum Gasteiger partial charge on any atom is -0.423 e. The number of fused-ring (bicyclic) bond motifs is 1. The zero-order valence-corrected chi connectivity index (χ0v) is 16.7. The number of aromatic nitrogens is 1. The van der Waals surface area contributed by atoms with E-state index in [9.17, 15) is 4.39 Å². The molecule has 152 valence electrons. The monoisotopic (exact) mass is 388 g/mol. The zero-order chi connectivity index (χ0) is 19.5. The molecule has 28 heavy (non-hydrogen) atoms. The van der Waals surface area contributed by atoms with Gasteiger partial charge in [0.1, 0.15) is 11.7 Å². The fourth-order valence-corrected chi connectivity index (χ4v) is 3.73. The first kappa shape index (κ1) is 19.2. The van der Waals surface area contributed by atoms with Crippen molar-refractivity contribution in [2.24, 2.45) is 0 Å². The Hall–Kier alpha value is -2.12. The summed E-state index contributed by atoms with van der Waals surface area (Å²) in [7, 11) is 0. The van der Waals surface area contributed by atoms with Crippen LogP contribution in [0.3, 0.4) is 0 Å². The summed E-state index contributed by atoms with van der Waals surface area (Å²) in [6.45, 7) is 9.05. The topological polar surface area (TPSA) is 53.8 Å². The average Bonchev–Trinajstić information content (AvgIpc) is 3.13. The summed E-state index contributed by atoms with van der Waals surface area (Å²) in [6, 6.07) is 6.90. The second-order valence-electron chi connectivity index (χ2n) is 7.48. The molecular formula is C21H29FN4O2. The van der Waals surface area contributed by atoms with E-state index in [2.05, 4.69) is 35.1 Å². The van der Waals surface area contributed by atoms with Gasteiger partial charge in [-0.3, -0.25) is 4.90 Å². The van der Waals surface area contributed by atoms with Gasteiger partial charge in [0.05, 0.1) is 18.9 Å². The van der Waals surface area contributed by atoms with Crippen molar-refractivity contribution in [3.8, 4) is 0 Å². The number of ether oxygens (including phenoxy) is 1. The molecule has 1 aromatic heterocycles. The van der Waals surface area contributed by atoms with Crippen molar-refractivity contribution in [2.45, 2.75) is 38.9 Å². The van der Waals surface area contributed by atoms with E-state index in [0.29, 0.717) is 30.7 Å². The minimum absolute atomic E-state index is 0.350. The van der Waals surface area contributed by atoms with Crippen molar-refractivity contribution in [3.63, 3.8) is 0 Å². The third-order valence-electron chi connectivity index (χ3n) is 5.47. The van der Waals surface area contributed by atoms with Crippen LogP contribution in [0.1, 0.15) is 26.7 Å². The molecule has 2 aliphatic rings. The lowest BCUT2D eigenvalue weighted by Crippen LogP contribution is -2.37. The molecule has 4 rings (SSSR count). The van der Waals surface area contributed by atoms with E-state index in [4.69, 9.17) is 9.15 Å². The van der Waals surface area contributed by atoms with Gasteiger partial charge in [0.25, 0.3) is 0 Å². The number of anilines is 2. The molecule has 0 amide bonds. The molecule has 7 heteroatoms. The second-order valence-corrected chi connectivity index (χ2v) is 7.48. The molecule has 2 atom stereocenters. The molecule has 1 aliphatic heterocycles. The number of hydrogen-bond acceptors (Lipinski definition) is 6. The Bertz CT molecular complexity index is 831. The average molecular weight is 388 g/mol. The van der Waals surface area contributed by atoms with Crippen LogP contribution in [0, 0.1) is 0 Å². The first-order valence-corrected chi connectivity index (χ1v) is 10.2. The fraction of sp³-hybridized carbons (Fsp3) is 0.571. The van der Waals surface area contributed by atoms with Crippen molar-refractivity contribution < 1.29 is 13.5 Å². The van der Waals surface area contributed by atoms with Crippen molar-refractivity contribution in [1.29, 1.82) is 0 Å². The number of alkyl halides is 1. The molecule has 1 saturated heterocycles. The number of hydrogen-bond donors (Lipinski definition) is 1. The van der Waals surface area contributed by atoms with Gasteiger partial charge in [-0.25, -0.2) is 4.39 Å².